The quantitative estimate of drug-likeness (QED) is 0.715. The van der Waals surface area contributed by atoms with Crippen molar-refractivity contribution >= 4 is 17.5 Å². The summed E-state index contributed by atoms with van der Waals surface area (Å²) >= 11 is 0. The summed E-state index contributed by atoms with van der Waals surface area (Å²) in [5.41, 5.74) is 0.592. The average Bonchev–Trinajstić information content (AvgIpc) is 2.62. The van der Waals surface area contributed by atoms with Crippen LogP contribution in [-0.4, -0.2) is 29.2 Å². The van der Waals surface area contributed by atoms with Gasteiger partial charge in [0.15, 0.2) is 5.82 Å². The van der Waals surface area contributed by atoms with E-state index in [4.69, 9.17) is 14.7 Å². The zero-order chi connectivity index (χ0) is 17.5. The van der Waals surface area contributed by atoms with E-state index in [0.717, 1.165) is 0 Å². The Morgan fingerprint density at radius 1 is 1.16 bits per heavy atom. The molecule has 0 saturated heterocycles. The lowest BCUT2D eigenvalue weighted by Crippen LogP contribution is -2.21. The van der Waals surface area contributed by atoms with Crippen molar-refractivity contribution in [3.05, 3.63) is 48.3 Å². The minimum atomic E-state index is -0.508. The van der Waals surface area contributed by atoms with Gasteiger partial charge in [-0.1, -0.05) is 24.3 Å². The van der Waals surface area contributed by atoms with E-state index in [1.165, 1.54) is 6.20 Å². The molecule has 0 spiro atoms. The molecule has 2 heterocycles. The molecule has 126 valence electrons. The van der Waals surface area contributed by atoms with Crippen molar-refractivity contribution in [3.8, 4) is 17.7 Å². The Morgan fingerprint density at radius 2 is 2.04 bits per heavy atom. The van der Waals surface area contributed by atoms with Crippen LogP contribution in [0.4, 0.5) is 16.3 Å². The smallest absolute Gasteiger partial charge is 0.325 e. The molecule has 0 aliphatic carbocycles. The molecule has 0 unspecified atom stereocenters. The number of ether oxygens (including phenoxy) is 2. The van der Waals surface area contributed by atoms with E-state index in [1.54, 1.807) is 18.2 Å². The highest BCUT2D eigenvalue weighted by Crippen LogP contribution is 2.24. The van der Waals surface area contributed by atoms with Gasteiger partial charge < -0.3 is 14.8 Å². The van der Waals surface area contributed by atoms with Crippen LogP contribution in [0.1, 0.15) is 12.1 Å². The second-order valence-electron chi connectivity index (χ2n) is 5.02. The fourth-order valence-electron chi connectivity index (χ4n) is 2.12. The fraction of sp³-hybridized carbons (Fsp3) is 0.176. The maximum atomic E-state index is 12.2. The lowest BCUT2D eigenvalue weighted by atomic mass is 10.3. The third kappa shape index (κ3) is 4.23. The number of nitriles is 1. The predicted molar refractivity (Wildman–Crippen MR) is 90.6 cm³/mol. The minimum absolute atomic E-state index is 0.0629. The Bertz CT molecular complexity index is 844. The molecule has 3 rings (SSSR count). The Kier molecular flexibility index (Phi) is 5.07. The molecular formula is C17H15N5O3. The van der Waals surface area contributed by atoms with E-state index in [0.29, 0.717) is 31.1 Å². The van der Waals surface area contributed by atoms with Gasteiger partial charge >= 0.3 is 6.03 Å². The zero-order valence-corrected chi connectivity index (χ0v) is 13.2. The van der Waals surface area contributed by atoms with Crippen LogP contribution in [0.3, 0.4) is 0 Å². The fourth-order valence-corrected chi connectivity index (χ4v) is 2.12. The topological polar surface area (TPSA) is 109 Å². The van der Waals surface area contributed by atoms with Gasteiger partial charge in [0.2, 0.25) is 5.69 Å². The van der Waals surface area contributed by atoms with Gasteiger partial charge in [0.1, 0.15) is 18.4 Å². The lowest BCUT2D eigenvalue weighted by Gasteiger charge is -2.12. The van der Waals surface area contributed by atoms with Crippen molar-refractivity contribution in [2.24, 2.45) is 0 Å². The number of urea groups is 1. The number of rotatable bonds is 0. The van der Waals surface area contributed by atoms with Gasteiger partial charge in [0.05, 0.1) is 18.5 Å². The summed E-state index contributed by atoms with van der Waals surface area (Å²) in [6, 6.07) is 8.52. The number of anilines is 2. The summed E-state index contributed by atoms with van der Waals surface area (Å²) < 4.78 is 11.1. The highest BCUT2D eigenvalue weighted by molar-refractivity contribution is 6.00. The monoisotopic (exact) mass is 337 g/mol. The molecule has 1 aromatic heterocycles. The van der Waals surface area contributed by atoms with Crippen LogP contribution in [0.15, 0.2) is 42.6 Å². The Hall–Kier alpha value is -3.60. The first-order chi connectivity index (χ1) is 12.3. The molecular weight excluding hydrogens is 322 g/mol. The number of aromatic nitrogens is 2. The normalized spacial score (nSPS) is 15.6. The zero-order valence-electron chi connectivity index (χ0n) is 13.2. The van der Waals surface area contributed by atoms with Gasteiger partial charge in [0, 0.05) is 0 Å². The number of benzene rings is 1. The van der Waals surface area contributed by atoms with Crippen molar-refractivity contribution < 1.29 is 14.3 Å². The molecule has 2 N–H and O–H groups in total. The first kappa shape index (κ1) is 16.3. The number of amides is 2. The maximum Gasteiger partial charge on any atom is 0.325 e. The first-order valence-electron chi connectivity index (χ1n) is 7.61. The van der Waals surface area contributed by atoms with E-state index >= 15 is 0 Å². The van der Waals surface area contributed by atoms with E-state index < -0.39 is 6.03 Å². The number of carbonyl (C=O) groups excluding carboxylic acids is 1. The van der Waals surface area contributed by atoms with Gasteiger partial charge in [-0.25, -0.2) is 9.78 Å². The van der Waals surface area contributed by atoms with Gasteiger partial charge in [0.25, 0.3) is 5.88 Å². The maximum absolute atomic E-state index is 12.2. The Morgan fingerprint density at radius 3 is 2.92 bits per heavy atom. The number of fused-ring (bicyclic) bond motifs is 3. The predicted octanol–water partition coefficient (Wildman–Crippen LogP) is 2.71. The van der Waals surface area contributed by atoms with E-state index in [-0.39, 0.29) is 17.4 Å². The molecule has 2 amide bonds. The molecule has 25 heavy (non-hydrogen) atoms. The highest BCUT2D eigenvalue weighted by atomic mass is 16.5. The average molecular weight is 337 g/mol. The van der Waals surface area contributed by atoms with Gasteiger partial charge in [-0.3, -0.25) is 5.32 Å². The molecule has 0 fully saturated rings. The van der Waals surface area contributed by atoms with Gasteiger partial charge in [-0.2, -0.15) is 10.2 Å². The minimum Gasteiger partial charge on any atom is -0.487 e. The van der Waals surface area contributed by atoms with Crippen molar-refractivity contribution in [2.45, 2.75) is 6.42 Å². The number of carbonyl (C=O) groups is 1. The summed E-state index contributed by atoms with van der Waals surface area (Å²) in [5.74, 6) is 0.815. The second kappa shape index (κ2) is 7.79. The molecule has 8 nitrogen and oxygen atoms in total. The highest BCUT2D eigenvalue weighted by Gasteiger charge is 2.12. The number of hydrogen-bond donors (Lipinski definition) is 2. The molecule has 1 aromatic carbocycles. The summed E-state index contributed by atoms with van der Waals surface area (Å²) in [6.07, 6.45) is 5.67. The molecule has 0 atom stereocenters. The molecule has 0 saturated carbocycles. The van der Waals surface area contributed by atoms with Crippen molar-refractivity contribution in [1.29, 1.82) is 5.26 Å². The van der Waals surface area contributed by atoms with Crippen LogP contribution < -0.4 is 20.1 Å². The summed E-state index contributed by atoms with van der Waals surface area (Å²) in [7, 11) is 0. The molecule has 8 heteroatoms. The van der Waals surface area contributed by atoms with Crippen LogP contribution in [0.5, 0.6) is 11.6 Å². The molecule has 2 aromatic rings. The van der Waals surface area contributed by atoms with Crippen LogP contribution in [0.25, 0.3) is 0 Å². The standard InChI is InChI=1S/C17H15N5O3/c18-10-13-16-21-15(11-19-13)22-17(23)20-12-6-2-3-7-14(12)24-8-4-1-5-9-25-16/h1-4,6-7,11H,5,8-9H2,(H2,20,21,22,23)/b4-1-. The third-order valence-electron chi connectivity index (χ3n) is 3.25. The van der Waals surface area contributed by atoms with Crippen LogP contribution in [0, 0.1) is 11.3 Å². The molecule has 0 radical (unpaired) electrons. The molecule has 2 bridgehead atoms. The number of hydrogen-bond acceptors (Lipinski definition) is 6. The van der Waals surface area contributed by atoms with Crippen LogP contribution >= 0.6 is 0 Å². The van der Waals surface area contributed by atoms with E-state index in [9.17, 15) is 4.79 Å². The Balaban J connectivity index is 1.88. The van der Waals surface area contributed by atoms with Crippen molar-refractivity contribution in [3.63, 3.8) is 0 Å². The first-order valence-corrected chi connectivity index (χ1v) is 7.61. The number of para-hydroxylation sites is 2. The SMILES string of the molecule is N#Cc1ncc2nc1OCC/C=C\COc1ccccc1NC(=O)N2. The van der Waals surface area contributed by atoms with Crippen molar-refractivity contribution in [1.82, 2.24) is 9.97 Å². The molecule has 1 aliphatic heterocycles. The summed E-state index contributed by atoms with van der Waals surface area (Å²) in [5, 5.41) is 14.3. The van der Waals surface area contributed by atoms with E-state index in [2.05, 4.69) is 20.6 Å². The van der Waals surface area contributed by atoms with Gasteiger partial charge in [-0.15, -0.1) is 0 Å². The lowest BCUT2D eigenvalue weighted by molar-refractivity contribution is 0.262. The van der Waals surface area contributed by atoms with Crippen LogP contribution in [-0.2, 0) is 0 Å². The van der Waals surface area contributed by atoms with Crippen LogP contribution in [0.2, 0.25) is 0 Å². The third-order valence-corrected chi connectivity index (χ3v) is 3.25. The summed E-state index contributed by atoms with van der Waals surface area (Å²) in [4.78, 5) is 20.3. The van der Waals surface area contributed by atoms with Crippen molar-refractivity contribution in [2.75, 3.05) is 23.8 Å². The second-order valence-corrected chi connectivity index (χ2v) is 5.02. The summed E-state index contributed by atoms with van der Waals surface area (Å²) in [6.45, 7) is 0.684. The largest absolute Gasteiger partial charge is 0.487 e. The number of nitrogens with one attached hydrogen (secondary N) is 2. The molecule has 1 aliphatic rings. The Labute approximate surface area is 144 Å². The number of nitrogens with zero attached hydrogens (tertiary/aromatic N) is 3. The van der Waals surface area contributed by atoms with Gasteiger partial charge in [-0.05, 0) is 18.6 Å². The van der Waals surface area contributed by atoms with E-state index in [1.807, 2.05) is 24.3 Å².